The van der Waals surface area contributed by atoms with Crippen LogP contribution in [0.4, 0.5) is 8.78 Å². The molecule has 0 radical (unpaired) electrons. The molecule has 2 nitrogen and oxygen atoms in total. The van der Waals surface area contributed by atoms with Crippen molar-refractivity contribution in [2.75, 3.05) is 18.6 Å². The summed E-state index contributed by atoms with van der Waals surface area (Å²) in [6.45, 7) is 2.10. The highest BCUT2D eigenvalue weighted by molar-refractivity contribution is 7.98. The van der Waals surface area contributed by atoms with E-state index >= 15 is 0 Å². The number of aliphatic hydroxyl groups is 1. The molecule has 1 aromatic rings. The van der Waals surface area contributed by atoms with Crippen LogP contribution in [0.15, 0.2) is 18.2 Å². The van der Waals surface area contributed by atoms with Crippen molar-refractivity contribution in [2.45, 2.75) is 19.1 Å². The van der Waals surface area contributed by atoms with Gasteiger partial charge in [0.1, 0.15) is 11.6 Å². The highest BCUT2D eigenvalue weighted by Gasteiger charge is 2.17. The molecule has 0 saturated carbocycles. The third-order valence-corrected chi connectivity index (χ3v) is 3.24. The van der Waals surface area contributed by atoms with E-state index in [2.05, 4.69) is 5.32 Å². The molecule has 17 heavy (non-hydrogen) atoms. The van der Waals surface area contributed by atoms with Gasteiger partial charge in [0.25, 0.3) is 0 Å². The van der Waals surface area contributed by atoms with Crippen molar-refractivity contribution in [1.29, 1.82) is 0 Å². The van der Waals surface area contributed by atoms with Gasteiger partial charge in [-0.3, -0.25) is 0 Å². The largest absolute Gasteiger partial charge is 0.387 e. The van der Waals surface area contributed by atoms with Crippen LogP contribution in [0.3, 0.4) is 0 Å². The number of nitrogens with one attached hydrogen (secondary N) is 1. The summed E-state index contributed by atoms with van der Waals surface area (Å²) in [5.41, 5.74) is -0.267. The van der Waals surface area contributed by atoms with Crippen LogP contribution in [0.1, 0.15) is 18.6 Å². The molecule has 0 amide bonds. The monoisotopic (exact) mass is 261 g/mol. The predicted molar refractivity (Wildman–Crippen MR) is 67.2 cm³/mol. The number of halogens is 2. The predicted octanol–water partition coefficient (Wildman–Crippen LogP) is 2.34. The van der Waals surface area contributed by atoms with Crippen LogP contribution in [0.25, 0.3) is 0 Å². The first kappa shape index (κ1) is 14.4. The second-order valence-electron chi connectivity index (χ2n) is 3.92. The van der Waals surface area contributed by atoms with Gasteiger partial charge in [0.15, 0.2) is 0 Å². The van der Waals surface area contributed by atoms with Gasteiger partial charge >= 0.3 is 0 Å². The van der Waals surface area contributed by atoms with Gasteiger partial charge < -0.3 is 10.4 Å². The SMILES string of the molecule is CSCC(C)NCC(O)c1c(F)cccc1F. The molecule has 0 aromatic heterocycles. The molecule has 5 heteroatoms. The van der Waals surface area contributed by atoms with Crippen LogP contribution < -0.4 is 5.32 Å². The lowest BCUT2D eigenvalue weighted by Gasteiger charge is -2.17. The number of rotatable bonds is 6. The van der Waals surface area contributed by atoms with E-state index in [-0.39, 0.29) is 18.2 Å². The minimum atomic E-state index is -1.17. The molecule has 0 saturated heterocycles. The van der Waals surface area contributed by atoms with Crippen molar-refractivity contribution in [3.8, 4) is 0 Å². The van der Waals surface area contributed by atoms with E-state index in [1.807, 2.05) is 13.2 Å². The van der Waals surface area contributed by atoms with E-state index in [0.717, 1.165) is 17.9 Å². The smallest absolute Gasteiger partial charge is 0.131 e. The zero-order valence-electron chi connectivity index (χ0n) is 9.91. The molecule has 0 spiro atoms. The van der Waals surface area contributed by atoms with Gasteiger partial charge in [0, 0.05) is 18.3 Å². The summed E-state index contributed by atoms with van der Waals surface area (Å²) >= 11 is 1.67. The number of hydrogen-bond acceptors (Lipinski definition) is 3. The fourth-order valence-corrected chi connectivity index (χ4v) is 2.17. The van der Waals surface area contributed by atoms with E-state index in [4.69, 9.17) is 0 Å². The maximum Gasteiger partial charge on any atom is 0.131 e. The quantitative estimate of drug-likeness (QED) is 0.824. The molecular formula is C12H17F2NOS. The Balaban J connectivity index is 2.61. The molecule has 2 unspecified atom stereocenters. The molecule has 0 aliphatic rings. The number of aliphatic hydroxyl groups excluding tert-OH is 1. The Hall–Kier alpha value is -0.650. The molecule has 0 fully saturated rings. The summed E-state index contributed by atoms with van der Waals surface area (Å²) in [4.78, 5) is 0. The van der Waals surface area contributed by atoms with E-state index in [1.54, 1.807) is 11.8 Å². The highest BCUT2D eigenvalue weighted by atomic mass is 32.2. The third-order valence-electron chi connectivity index (χ3n) is 2.41. The molecule has 2 atom stereocenters. The molecule has 0 bridgehead atoms. The average Bonchev–Trinajstić information content (AvgIpc) is 2.26. The van der Waals surface area contributed by atoms with Crippen LogP contribution in [0.2, 0.25) is 0 Å². The van der Waals surface area contributed by atoms with Crippen LogP contribution >= 0.6 is 11.8 Å². The van der Waals surface area contributed by atoms with Gasteiger partial charge in [0.2, 0.25) is 0 Å². The maximum absolute atomic E-state index is 13.3. The molecule has 0 aliphatic heterocycles. The molecule has 96 valence electrons. The second kappa shape index (κ2) is 6.93. The third kappa shape index (κ3) is 4.26. The minimum absolute atomic E-state index is 0.138. The molecular weight excluding hydrogens is 244 g/mol. The summed E-state index contributed by atoms with van der Waals surface area (Å²) in [5, 5.41) is 12.8. The first-order valence-electron chi connectivity index (χ1n) is 5.40. The van der Waals surface area contributed by atoms with Crippen molar-refractivity contribution in [2.24, 2.45) is 0 Å². The van der Waals surface area contributed by atoms with Crippen molar-refractivity contribution in [3.05, 3.63) is 35.4 Å². The second-order valence-corrected chi connectivity index (χ2v) is 4.83. The highest BCUT2D eigenvalue weighted by Crippen LogP contribution is 2.20. The van der Waals surface area contributed by atoms with Gasteiger partial charge in [-0.2, -0.15) is 11.8 Å². The Labute approximate surface area is 104 Å². The Bertz CT molecular complexity index is 342. The van der Waals surface area contributed by atoms with E-state index in [0.29, 0.717) is 0 Å². The standard InChI is InChI=1S/C12H17F2NOS/c1-8(7-17-2)15-6-11(16)12-9(13)4-3-5-10(12)14/h3-5,8,11,15-16H,6-7H2,1-2H3. The van der Waals surface area contributed by atoms with Gasteiger partial charge in [-0.1, -0.05) is 6.07 Å². The van der Waals surface area contributed by atoms with Gasteiger partial charge in [-0.15, -0.1) is 0 Å². The summed E-state index contributed by atoms with van der Waals surface area (Å²) in [7, 11) is 0. The first-order chi connectivity index (χ1) is 8.06. The van der Waals surface area contributed by atoms with Crippen molar-refractivity contribution >= 4 is 11.8 Å². The van der Waals surface area contributed by atoms with Crippen molar-refractivity contribution in [1.82, 2.24) is 5.32 Å². The summed E-state index contributed by atoms with van der Waals surface area (Å²) in [5.74, 6) is -0.541. The van der Waals surface area contributed by atoms with Crippen LogP contribution in [-0.4, -0.2) is 29.7 Å². The number of hydrogen-bond donors (Lipinski definition) is 2. The van der Waals surface area contributed by atoms with Gasteiger partial charge in [-0.05, 0) is 25.3 Å². The van der Waals surface area contributed by atoms with Crippen molar-refractivity contribution < 1.29 is 13.9 Å². The molecule has 0 heterocycles. The normalized spacial score (nSPS) is 14.6. The Morgan fingerprint density at radius 2 is 1.94 bits per heavy atom. The molecule has 2 N–H and O–H groups in total. The average molecular weight is 261 g/mol. The fourth-order valence-electron chi connectivity index (χ4n) is 1.55. The zero-order chi connectivity index (χ0) is 12.8. The van der Waals surface area contributed by atoms with Gasteiger partial charge in [0.05, 0.1) is 11.7 Å². The molecule has 1 aromatic carbocycles. The first-order valence-corrected chi connectivity index (χ1v) is 6.80. The zero-order valence-corrected chi connectivity index (χ0v) is 10.7. The fraction of sp³-hybridized carbons (Fsp3) is 0.500. The topological polar surface area (TPSA) is 32.3 Å². The Morgan fingerprint density at radius 3 is 2.47 bits per heavy atom. The van der Waals surface area contributed by atoms with Crippen LogP contribution in [0.5, 0.6) is 0 Å². The number of thioether (sulfide) groups is 1. The molecule has 0 aliphatic carbocycles. The van der Waals surface area contributed by atoms with Crippen molar-refractivity contribution in [3.63, 3.8) is 0 Å². The Kier molecular flexibility index (Phi) is 5.88. The van der Waals surface area contributed by atoms with E-state index < -0.39 is 17.7 Å². The van der Waals surface area contributed by atoms with Crippen LogP contribution in [0, 0.1) is 11.6 Å². The Morgan fingerprint density at radius 1 is 1.35 bits per heavy atom. The minimum Gasteiger partial charge on any atom is -0.387 e. The molecule has 1 rings (SSSR count). The van der Waals surface area contributed by atoms with Gasteiger partial charge in [-0.25, -0.2) is 8.78 Å². The maximum atomic E-state index is 13.3. The summed E-state index contributed by atoms with van der Waals surface area (Å²) < 4.78 is 26.7. The number of benzene rings is 1. The van der Waals surface area contributed by atoms with Crippen LogP contribution in [-0.2, 0) is 0 Å². The van der Waals surface area contributed by atoms with E-state index in [9.17, 15) is 13.9 Å². The lowest BCUT2D eigenvalue weighted by molar-refractivity contribution is 0.162. The lowest BCUT2D eigenvalue weighted by Crippen LogP contribution is -2.32. The summed E-state index contributed by atoms with van der Waals surface area (Å²) in [6, 6.07) is 3.76. The lowest BCUT2D eigenvalue weighted by atomic mass is 10.1. The summed E-state index contributed by atoms with van der Waals surface area (Å²) in [6.07, 6.45) is 0.811. The van der Waals surface area contributed by atoms with E-state index in [1.165, 1.54) is 6.07 Å².